The summed E-state index contributed by atoms with van der Waals surface area (Å²) in [7, 11) is 0. The molecule has 1 N–H and O–H groups in total. The highest BCUT2D eigenvalue weighted by atomic mass is 32.1. The van der Waals surface area contributed by atoms with Gasteiger partial charge in [-0.05, 0) is 63.0 Å². The molecular formula is C21H30N6OS. The maximum Gasteiger partial charge on any atom is 0.238 e. The van der Waals surface area contributed by atoms with E-state index in [4.69, 9.17) is 12.2 Å². The predicted octanol–water partition coefficient (Wildman–Crippen LogP) is 2.89. The van der Waals surface area contributed by atoms with E-state index in [1.165, 1.54) is 18.4 Å². The molecule has 2 heterocycles. The van der Waals surface area contributed by atoms with E-state index in [2.05, 4.69) is 37.8 Å². The number of hydrogen-bond acceptors (Lipinski definition) is 5. The molecule has 0 atom stereocenters. The third-order valence-corrected chi connectivity index (χ3v) is 6.41. The zero-order valence-corrected chi connectivity index (χ0v) is 18.3. The molecular weight excluding hydrogens is 384 g/mol. The molecule has 0 unspecified atom stereocenters. The summed E-state index contributed by atoms with van der Waals surface area (Å²) in [6.07, 6.45) is 2.42. The Morgan fingerprint density at radius 3 is 2.52 bits per heavy atom. The van der Waals surface area contributed by atoms with E-state index in [1.807, 2.05) is 30.7 Å². The minimum atomic E-state index is 0.0492. The smallest absolute Gasteiger partial charge is 0.238 e. The number of piperazine rings is 1. The third-order valence-electron chi connectivity index (χ3n) is 6.00. The van der Waals surface area contributed by atoms with Crippen molar-refractivity contribution in [1.29, 1.82) is 0 Å². The number of nitrogens with zero attached hydrogens (tertiary/aromatic N) is 5. The van der Waals surface area contributed by atoms with E-state index in [1.54, 1.807) is 0 Å². The average molecular weight is 415 g/mol. The average Bonchev–Trinajstić information content (AvgIpc) is 3.47. The summed E-state index contributed by atoms with van der Waals surface area (Å²) in [5.74, 6) is 1.06. The van der Waals surface area contributed by atoms with Gasteiger partial charge < -0.3 is 9.88 Å². The predicted molar refractivity (Wildman–Crippen MR) is 117 cm³/mol. The summed E-state index contributed by atoms with van der Waals surface area (Å²) >= 11 is 5.63. The van der Waals surface area contributed by atoms with E-state index in [0.717, 1.165) is 54.7 Å². The number of aryl methyl sites for hydroxylation is 2. The Balaban J connectivity index is 1.27. The van der Waals surface area contributed by atoms with E-state index in [-0.39, 0.29) is 5.91 Å². The molecule has 1 saturated carbocycles. The van der Waals surface area contributed by atoms with Gasteiger partial charge in [-0.15, -0.1) is 0 Å². The fourth-order valence-corrected chi connectivity index (χ4v) is 4.31. The number of aromatic nitrogens is 3. The van der Waals surface area contributed by atoms with Crippen molar-refractivity contribution in [2.45, 2.75) is 46.3 Å². The van der Waals surface area contributed by atoms with Crippen LogP contribution in [0.1, 0.15) is 35.8 Å². The maximum absolute atomic E-state index is 12.5. The van der Waals surface area contributed by atoms with Gasteiger partial charge in [-0.1, -0.05) is 12.1 Å². The van der Waals surface area contributed by atoms with Crippen LogP contribution in [-0.2, 0) is 11.5 Å². The Kier molecular flexibility index (Phi) is 5.85. The summed E-state index contributed by atoms with van der Waals surface area (Å²) in [5.41, 5.74) is 3.22. The molecule has 0 spiro atoms. The molecule has 1 amide bonds. The first-order valence-electron chi connectivity index (χ1n) is 10.4. The van der Waals surface area contributed by atoms with Gasteiger partial charge in [0, 0.05) is 37.9 Å². The first kappa shape index (κ1) is 20.3. The van der Waals surface area contributed by atoms with Gasteiger partial charge in [-0.25, -0.2) is 4.68 Å². The summed E-state index contributed by atoms with van der Waals surface area (Å²) in [6, 6.07) is 6.56. The second-order valence-corrected chi connectivity index (χ2v) is 8.63. The molecule has 8 heteroatoms. The van der Waals surface area contributed by atoms with Crippen molar-refractivity contribution < 1.29 is 4.79 Å². The van der Waals surface area contributed by atoms with Crippen LogP contribution >= 0.6 is 12.2 Å². The van der Waals surface area contributed by atoms with Gasteiger partial charge >= 0.3 is 0 Å². The van der Waals surface area contributed by atoms with Gasteiger partial charge in [0.2, 0.25) is 5.91 Å². The van der Waals surface area contributed by atoms with Crippen LogP contribution in [0, 0.1) is 25.5 Å². The van der Waals surface area contributed by atoms with Crippen LogP contribution in [0.2, 0.25) is 0 Å². The van der Waals surface area contributed by atoms with Gasteiger partial charge in [0.25, 0.3) is 0 Å². The highest BCUT2D eigenvalue weighted by Crippen LogP contribution is 2.35. The van der Waals surface area contributed by atoms with Crippen molar-refractivity contribution in [3.05, 3.63) is 39.9 Å². The molecule has 0 bridgehead atoms. The van der Waals surface area contributed by atoms with Crippen LogP contribution in [0.4, 0.5) is 5.69 Å². The van der Waals surface area contributed by atoms with Crippen LogP contribution in [-0.4, -0.2) is 62.8 Å². The minimum absolute atomic E-state index is 0.0492. The Morgan fingerprint density at radius 2 is 1.83 bits per heavy atom. The Bertz CT molecular complexity index is 953. The Labute approximate surface area is 177 Å². The third kappa shape index (κ3) is 4.60. The lowest BCUT2D eigenvalue weighted by molar-refractivity contribution is -0.117. The maximum atomic E-state index is 12.5. The van der Waals surface area contributed by atoms with Crippen molar-refractivity contribution in [2.75, 3.05) is 38.0 Å². The fraction of sp³-hybridized carbons (Fsp3) is 0.571. The molecule has 2 fully saturated rings. The summed E-state index contributed by atoms with van der Waals surface area (Å²) in [6.45, 7) is 10.9. The summed E-state index contributed by atoms with van der Waals surface area (Å²) in [4.78, 5) is 17.0. The van der Waals surface area contributed by atoms with Crippen molar-refractivity contribution in [3.8, 4) is 0 Å². The Hall–Kier alpha value is -2.03. The van der Waals surface area contributed by atoms with Gasteiger partial charge in [0.05, 0.1) is 13.2 Å². The molecule has 2 aromatic rings. The van der Waals surface area contributed by atoms with Crippen LogP contribution in [0.3, 0.4) is 0 Å². The number of anilines is 1. The molecule has 1 aliphatic heterocycles. The largest absolute Gasteiger partial charge is 0.325 e. The lowest BCUT2D eigenvalue weighted by atomic mass is 10.1. The lowest BCUT2D eigenvalue weighted by Gasteiger charge is -2.34. The molecule has 7 nitrogen and oxygen atoms in total. The SMILES string of the molecule is Cc1cccc(NC(=O)CN2CCN(Cn3nc(C)n(C4CC4)c3=S)CC2)c1C. The lowest BCUT2D eigenvalue weighted by Crippen LogP contribution is -2.49. The molecule has 1 saturated heterocycles. The van der Waals surface area contributed by atoms with Crippen molar-refractivity contribution in [3.63, 3.8) is 0 Å². The topological polar surface area (TPSA) is 58.3 Å². The highest BCUT2D eigenvalue weighted by molar-refractivity contribution is 7.71. The number of nitrogens with one attached hydrogen (secondary N) is 1. The van der Waals surface area contributed by atoms with Gasteiger partial charge in [0.15, 0.2) is 4.77 Å². The van der Waals surface area contributed by atoms with E-state index in [9.17, 15) is 4.79 Å². The van der Waals surface area contributed by atoms with Crippen LogP contribution in [0.5, 0.6) is 0 Å². The van der Waals surface area contributed by atoms with Crippen LogP contribution in [0.25, 0.3) is 0 Å². The Morgan fingerprint density at radius 1 is 1.14 bits per heavy atom. The highest BCUT2D eigenvalue weighted by Gasteiger charge is 2.27. The fourth-order valence-electron chi connectivity index (χ4n) is 3.93. The van der Waals surface area contributed by atoms with Crippen LogP contribution in [0.15, 0.2) is 18.2 Å². The summed E-state index contributed by atoms with van der Waals surface area (Å²) in [5, 5.41) is 7.71. The summed E-state index contributed by atoms with van der Waals surface area (Å²) < 4.78 is 4.98. The van der Waals surface area contributed by atoms with Gasteiger partial charge in [-0.3, -0.25) is 14.6 Å². The zero-order chi connectivity index (χ0) is 20.5. The number of benzene rings is 1. The monoisotopic (exact) mass is 414 g/mol. The first-order valence-corrected chi connectivity index (χ1v) is 10.8. The quantitative estimate of drug-likeness (QED) is 0.737. The standard InChI is InChI=1S/C21H30N6OS/c1-15-5-4-6-19(16(15)2)22-20(28)13-24-9-11-25(12-10-24)14-26-21(29)27(17(3)23-26)18-7-8-18/h4-6,18H,7-14H2,1-3H3,(H,22,28). The normalized spacial score (nSPS) is 18.2. The van der Waals surface area contributed by atoms with Crippen molar-refractivity contribution >= 4 is 23.8 Å². The molecule has 156 valence electrons. The van der Waals surface area contributed by atoms with Crippen molar-refractivity contribution in [1.82, 2.24) is 24.1 Å². The molecule has 4 rings (SSSR count). The number of hydrogen-bond donors (Lipinski definition) is 1. The molecule has 1 aromatic carbocycles. The van der Waals surface area contributed by atoms with E-state index >= 15 is 0 Å². The van der Waals surface area contributed by atoms with Crippen LogP contribution < -0.4 is 5.32 Å². The molecule has 1 aromatic heterocycles. The van der Waals surface area contributed by atoms with Gasteiger partial charge in [0.1, 0.15) is 5.82 Å². The zero-order valence-electron chi connectivity index (χ0n) is 17.5. The number of carbonyl (C=O) groups excluding carboxylic acids is 1. The second-order valence-electron chi connectivity index (χ2n) is 8.26. The number of rotatable bonds is 6. The molecule has 0 radical (unpaired) electrons. The number of carbonyl (C=O) groups is 1. The van der Waals surface area contributed by atoms with E-state index in [0.29, 0.717) is 12.6 Å². The first-order chi connectivity index (χ1) is 13.9. The molecule has 1 aliphatic carbocycles. The van der Waals surface area contributed by atoms with E-state index < -0.39 is 0 Å². The van der Waals surface area contributed by atoms with Crippen molar-refractivity contribution in [2.24, 2.45) is 0 Å². The number of amides is 1. The molecule has 29 heavy (non-hydrogen) atoms. The minimum Gasteiger partial charge on any atom is -0.325 e. The van der Waals surface area contributed by atoms with Gasteiger partial charge in [-0.2, -0.15) is 5.10 Å². The second kappa shape index (κ2) is 8.38. The molecule has 2 aliphatic rings.